The average molecular weight is 1490 g/mol. The molecule has 0 aliphatic rings. The minimum atomic E-state index is -0.211. The van der Waals surface area contributed by atoms with E-state index in [0.717, 1.165) is 0 Å². The topological polar surface area (TPSA) is 26.3 Å². The first-order chi connectivity index (χ1) is 56.8. The summed E-state index contributed by atoms with van der Waals surface area (Å²) < 4.78 is 4.40. The van der Waals surface area contributed by atoms with Gasteiger partial charge >= 0.3 is 5.97 Å². The highest BCUT2D eigenvalue weighted by atomic mass is 16.5. The van der Waals surface area contributed by atoms with Crippen LogP contribution in [0.2, 0.25) is 0 Å². The molecule has 0 saturated carbocycles. The van der Waals surface area contributed by atoms with Crippen LogP contribution in [0.4, 0.5) is 0 Å². The molecule has 0 heterocycles. The summed E-state index contributed by atoms with van der Waals surface area (Å²) in [6.45, 7) is 3.65. The van der Waals surface area contributed by atoms with Crippen molar-refractivity contribution < 1.29 is 9.53 Å². The zero-order valence-corrected chi connectivity index (χ0v) is 66.4. The van der Waals surface area contributed by atoms with Crippen LogP contribution in [0.25, 0.3) is 0 Å². The van der Waals surface area contributed by atoms with Gasteiger partial charge < -0.3 is 4.74 Å². The van der Waals surface area contributed by atoms with E-state index in [1.54, 1.807) is 6.92 Å². The van der Waals surface area contributed by atoms with Gasteiger partial charge in [-0.05, 0) is 6.92 Å². The van der Waals surface area contributed by atoms with Crippen molar-refractivity contribution in [3.63, 3.8) is 0 Å². The van der Waals surface area contributed by atoms with E-state index < -0.39 is 0 Å². The lowest BCUT2D eigenvalue weighted by atomic mass is 10.4. The van der Waals surface area contributed by atoms with E-state index >= 15 is 0 Å². The Kier molecular flexibility index (Phi) is 84.1. The minimum Gasteiger partial charge on any atom is -0.466 e. The van der Waals surface area contributed by atoms with Crippen LogP contribution in [-0.2, 0) is 9.53 Å². The molecule has 0 unspecified atom stereocenters. The lowest BCUT2D eigenvalue weighted by molar-refractivity contribution is -0.140. The van der Waals surface area contributed by atoms with Crippen LogP contribution in [0.15, 0.2) is 655 Å². The van der Waals surface area contributed by atoms with Crippen molar-refractivity contribution in [3.8, 4) is 0 Å². The van der Waals surface area contributed by atoms with E-state index in [1.807, 2.05) is 655 Å². The molecule has 0 radical (unpaired) electrons. The molecule has 2 nitrogen and oxygen atoms in total. The standard InChI is InChI=1S/18C6H6.C4H8O2/c18*1-2-4-6-5-3-1;1-3-6-4(2)5/h18*1-6H;3H2,1-2H3. The fourth-order valence-corrected chi connectivity index (χ4v) is 7.13. The quantitative estimate of drug-likeness (QED) is 0.153. The summed E-state index contributed by atoms with van der Waals surface area (Å²) in [4.78, 5) is 9.82. The number of esters is 1. The van der Waals surface area contributed by atoms with Gasteiger partial charge in [0.2, 0.25) is 0 Å². The molecule has 0 N–H and O–H groups in total. The Morgan fingerprint density at radius 1 is 0.114 bits per heavy atom. The van der Waals surface area contributed by atoms with Crippen LogP contribution in [0, 0.1) is 0 Å². The number of rotatable bonds is 1. The first kappa shape index (κ1) is 99.4. The molecule has 576 valence electrons. The second kappa shape index (κ2) is 96.4. The molecule has 18 rings (SSSR count). The highest BCUT2D eigenvalue weighted by Gasteiger charge is 1.82. The molecule has 2 heteroatoms. The van der Waals surface area contributed by atoms with E-state index in [1.165, 1.54) is 6.92 Å². The molecule has 0 aliphatic carbocycles. The van der Waals surface area contributed by atoms with Gasteiger partial charge in [-0.1, -0.05) is 655 Å². The summed E-state index contributed by atoms with van der Waals surface area (Å²) in [6, 6.07) is 216. The normalized spacial score (nSPS) is 7.98. The van der Waals surface area contributed by atoms with Crippen molar-refractivity contribution in [2.24, 2.45) is 0 Å². The van der Waals surface area contributed by atoms with Crippen LogP contribution in [0.1, 0.15) is 13.8 Å². The van der Waals surface area contributed by atoms with Crippen molar-refractivity contribution in [3.05, 3.63) is 655 Å². The van der Waals surface area contributed by atoms with Gasteiger partial charge in [-0.3, -0.25) is 4.79 Å². The largest absolute Gasteiger partial charge is 0.466 e. The molecular formula is C112H116O2. The van der Waals surface area contributed by atoms with Crippen molar-refractivity contribution >= 4 is 5.97 Å². The molecule has 0 spiro atoms. The molecule has 0 saturated heterocycles. The summed E-state index contributed by atoms with van der Waals surface area (Å²) in [6.07, 6.45) is 0. The van der Waals surface area contributed by atoms with Crippen molar-refractivity contribution in [1.82, 2.24) is 0 Å². The van der Waals surface area contributed by atoms with Gasteiger partial charge in [0.25, 0.3) is 0 Å². The van der Waals surface area contributed by atoms with Gasteiger partial charge in [-0.25, -0.2) is 0 Å². The van der Waals surface area contributed by atoms with Gasteiger partial charge in [0.1, 0.15) is 0 Å². The Hall–Kier alpha value is -14.6. The first-order valence-corrected chi connectivity index (χ1v) is 37.9. The van der Waals surface area contributed by atoms with E-state index in [0.29, 0.717) is 6.61 Å². The molecule has 0 bridgehead atoms. The third kappa shape index (κ3) is 97.4. The van der Waals surface area contributed by atoms with Gasteiger partial charge in [0, 0.05) is 6.92 Å². The number of hydrogen-bond donors (Lipinski definition) is 0. The number of ether oxygens (including phenoxy) is 1. The van der Waals surface area contributed by atoms with Gasteiger partial charge in [-0.2, -0.15) is 0 Å². The Morgan fingerprint density at radius 2 is 0.149 bits per heavy atom. The predicted octanol–water partition coefficient (Wildman–Crippen LogP) is 30.9. The fraction of sp³-hybridized carbons (Fsp3) is 0.0268. The Morgan fingerprint density at radius 3 is 0.158 bits per heavy atom. The van der Waals surface area contributed by atoms with E-state index in [-0.39, 0.29) is 5.97 Å². The average Bonchev–Trinajstić information content (AvgIpc) is 4.05. The molecule has 114 heavy (non-hydrogen) atoms. The number of carbonyl (C=O) groups is 1. The third-order valence-electron chi connectivity index (χ3n) is 12.3. The smallest absolute Gasteiger partial charge is 0.302 e. The SMILES string of the molecule is CCOC(C)=O.c1ccccc1.c1ccccc1.c1ccccc1.c1ccccc1.c1ccccc1.c1ccccc1.c1ccccc1.c1ccccc1.c1ccccc1.c1ccccc1.c1ccccc1.c1ccccc1.c1ccccc1.c1ccccc1.c1ccccc1.c1ccccc1.c1ccccc1.c1ccccc1. The monoisotopic (exact) mass is 1490 g/mol. The maximum atomic E-state index is 9.82. The molecule has 0 aromatic heterocycles. The second-order valence-corrected chi connectivity index (χ2v) is 21.7. The Labute approximate surface area is 686 Å². The van der Waals surface area contributed by atoms with Crippen molar-refractivity contribution in [2.75, 3.05) is 6.61 Å². The summed E-state index contributed by atoms with van der Waals surface area (Å²) >= 11 is 0. The van der Waals surface area contributed by atoms with Crippen LogP contribution in [-0.4, -0.2) is 12.6 Å². The maximum Gasteiger partial charge on any atom is 0.302 e. The lowest BCUT2D eigenvalue weighted by Gasteiger charge is -1.89. The van der Waals surface area contributed by atoms with Crippen LogP contribution in [0.5, 0.6) is 0 Å². The number of carbonyl (C=O) groups excluding carboxylic acids is 1. The molecule has 18 aromatic rings. The number of hydrogen-bond acceptors (Lipinski definition) is 2. The van der Waals surface area contributed by atoms with E-state index in [4.69, 9.17) is 0 Å². The zero-order chi connectivity index (χ0) is 81.4. The molecule has 0 amide bonds. The zero-order valence-electron chi connectivity index (χ0n) is 66.4. The molecular weight excluding hydrogens is 1380 g/mol. The third-order valence-corrected chi connectivity index (χ3v) is 12.3. The molecule has 0 aliphatic heterocycles. The maximum absolute atomic E-state index is 9.82. The second-order valence-electron chi connectivity index (χ2n) is 21.7. The van der Waals surface area contributed by atoms with Crippen molar-refractivity contribution in [1.29, 1.82) is 0 Å². The minimum absolute atomic E-state index is 0.211. The Balaban J connectivity index is 0.00000118. The fourth-order valence-electron chi connectivity index (χ4n) is 7.13. The number of benzene rings is 18. The summed E-state index contributed by atoms with van der Waals surface area (Å²) in [7, 11) is 0. The highest BCUT2D eigenvalue weighted by molar-refractivity contribution is 5.65. The molecule has 0 fully saturated rings. The van der Waals surface area contributed by atoms with Crippen molar-refractivity contribution in [2.45, 2.75) is 13.8 Å². The predicted molar refractivity (Wildman–Crippen MR) is 498 cm³/mol. The highest BCUT2D eigenvalue weighted by Crippen LogP contribution is 1.90. The van der Waals surface area contributed by atoms with Crippen LogP contribution >= 0.6 is 0 Å². The summed E-state index contributed by atoms with van der Waals surface area (Å²) in [5.74, 6) is -0.211. The van der Waals surface area contributed by atoms with Gasteiger partial charge in [-0.15, -0.1) is 0 Å². The summed E-state index contributed by atoms with van der Waals surface area (Å²) in [5.41, 5.74) is 0. The Bertz CT molecular complexity index is 2640. The lowest BCUT2D eigenvalue weighted by Crippen LogP contribution is -1.95. The molecule has 18 aromatic carbocycles. The molecule has 0 atom stereocenters. The summed E-state index contributed by atoms with van der Waals surface area (Å²) in [5, 5.41) is 0. The van der Waals surface area contributed by atoms with E-state index in [9.17, 15) is 4.79 Å². The van der Waals surface area contributed by atoms with Crippen LogP contribution < -0.4 is 0 Å². The van der Waals surface area contributed by atoms with Gasteiger partial charge in [0.15, 0.2) is 0 Å². The first-order valence-electron chi connectivity index (χ1n) is 37.9. The van der Waals surface area contributed by atoms with Crippen LogP contribution in [0.3, 0.4) is 0 Å². The van der Waals surface area contributed by atoms with Gasteiger partial charge in [0.05, 0.1) is 6.61 Å². The van der Waals surface area contributed by atoms with E-state index in [2.05, 4.69) is 4.74 Å².